The number of rotatable bonds is 3. The fourth-order valence-corrected chi connectivity index (χ4v) is 5.12. The first kappa shape index (κ1) is 16.2. The second kappa shape index (κ2) is 5.78. The number of aliphatic hydroxyl groups is 1. The predicted octanol–water partition coefficient (Wildman–Crippen LogP) is 4.63. The van der Waals surface area contributed by atoms with Gasteiger partial charge in [0.1, 0.15) is 0 Å². The van der Waals surface area contributed by atoms with Gasteiger partial charge in [-0.15, -0.1) is 0 Å². The van der Waals surface area contributed by atoms with E-state index >= 15 is 0 Å². The van der Waals surface area contributed by atoms with Crippen LogP contribution < -0.4 is 0 Å². The second-order valence-corrected chi connectivity index (χ2v) is 8.91. The van der Waals surface area contributed by atoms with E-state index in [9.17, 15) is 5.11 Å². The predicted molar refractivity (Wildman–Crippen MR) is 93.2 cm³/mol. The van der Waals surface area contributed by atoms with Gasteiger partial charge in [0.2, 0.25) is 0 Å². The maximum Gasteiger partial charge on any atom is 0.0811 e. The number of nitrogens with zero attached hydrogens (tertiary/aromatic N) is 1. The lowest BCUT2D eigenvalue weighted by molar-refractivity contribution is -0.0300. The molecule has 2 nitrogen and oxygen atoms in total. The van der Waals surface area contributed by atoms with Gasteiger partial charge in [-0.1, -0.05) is 39.3 Å². The molecule has 22 heavy (non-hydrogen) atoms. The fourth-order valence-electron chi connectivity index (χ4n) is 5.12. The SMILES string of the molecule is CC(C)[C@@H]1CC[C@@H](C)C[C@H]1/C=C/[C@]12CC[C@H](C=N1)C(C)(O)C2. The van der Waals surface area contributed by atoms with Gasteiger partial charge in [0, 0.05) is 18.6 Å². The van der Waals surface area contributed by atoms with Crippen LogP contribution >= 0.6 is 0 Å². The summed E-state index contributed by atoms with van der Waals surface area (Å²) in [6.07, 6.45) is 13.9. The third-order valence-electron chi connectivity index (χ3n) is 6.59. The monoisotopic (exact) mass is 303 g/mol. The molecule has 4 rings (SSSR count). The summed E-state index contributed by atoms with van der Waals surface area (Å²) in [6, 6.07) is 0. The van der Waals surface area contributed by atoms with Crippen molar-refractivity contribution in [1.29, 1.82) is 0 Å². The number of fused-ring (bicyclic) bond motifs is 2. The summed E-state index contributed by atoms with van der Waals surface area (Å²) in [4.78, 5) is 4.83. The van der Waals surface area contributed by atoms with Crippen molar-refractivity contribution in [1.82, 2.24) is 0 Å². The molecule has 0 aromatic heterocycles. The summed E-state index contributed by atoms with van der Waals surface area (Å²) in [5, 5.41) is 10.6. The Kier molecular flexibility index (Phi) is 4.26. The summed E-state index contributed by atoms with van der Waals surface area (Å²) >= 11 is 0. The summed E-state index contributed by atoms with van der Waals surface area (Å²) in [6.45, 7) is 9.12. The van der Waals surface area contributed by atoms with Gasteiger partial charge in [-0.05, 0) is 56.3 Å². The molecule has 2 fully saturated rings. The van der Waals surface area contributed by atoms with Crippen molar-refractivity contribution in [2.24, 2.45) is 34.6 Å². The van der Waals surface area contributed by atoms with Crippen LogP contribution in [0.1, 0.15) is 66.2 Å². The number of hydrogen-bond donors (Lipinski definition) is 1. The molecular weight excluding hydrogens is 270 g/mol. The lowest BCUT2D eigenvalue weighted by Crippen LogP contribution is -2.52. The average molecular weight is 303 g/mol. The Morgan fingerprint density at radius 3 is 2.64 bits per heavy atom. The van der Waals surface area contributed by atoms with Gasteiger partial charge >= 0.3 is 0 Å². The minimum absolute atomic E-state index is 0.125. The van der Waals surface area contributed by atoms with E-state index in [0.717, 1.165) is 37.0 Å². The fraction of sp³-hybridized carbons (Fsp3) is 0.850. The normalized spacial score (nSPS) is 48.5. The molecule has 2 heteroatoms. The topological polar surface area (TPSA) is 32.6 Å². The van der Waals surface area contributed by atoms with Crippen LogP contribution in [0.25, 0.3) is 0 Å². The third kappa shape index (κ3) is 3.04. The van der Waals surface area contributed by atoms with E-state index in [1.807, 2.05) is 13.1 Å². The molecule has 0 aromatic carbocycles. The number of hydrogen-bond acceptors (Lipinski definition) is 2. The molecule has 6 atom stereocenters. The highest BCUT2D eigenvalue weighted by molar-refractivity contribution is 5.66. The Hall–Kier alpha value is -0.630. The van der Waals surface area contributed by atoms with Crippen LogP contribution in [0.4, 0.5) is 0 Å². The molecule has 0 spiro atoms. The van der Waals surface area contributed by atoms with E-state index < -0.39 is 5.60 Å². The quantitative estimate of drug-likeness (QED) is 0.758. The first-order valence-electron chi connectivity index (χ1n) is 9.28. The van der Waals surface area contributed by atoms with Crippen LogP contribution in [-0.4, -0.2) is 22.5 Å². The van der Waals surface area contributed by atoms with E-state index in [4.69, 9.17) is 4.99 Å². The Balaban J connectivity index is 1.77. The van der Waals surface area contributed by atoms with E-state index in [0.29, 0.717) is 5.92 Å². The minimum atomic E-state index is -0.568. The molecule has 2 saturated carbocycles. The van der Waals surface area contributed by atoms with Gasteiger partial charge in [-0.25, -0.2) is 0 Å². The molecule has 2 heterocycles. The van der Waals surface area contributed by atoms with Crippen molar-refractivity contribution in [3.63, 3.8) is 0 Å². The van der Waals surface area contributed by atoms with Crippen LogP contribution in [-0.2, 0) is 0 Å². The molecule has 0 radical (unpaired) electrons. The zero-order valence-corrected chi connectivity index (χ0v) is 14.8. The highest BCUT2D eigenvalue weighted by Gasteiger charge is 2.48. The average Bonchev–Trinajstić information content (AvgIpc) is 2.45. The van der Waals surface area contributed by atoms with E-state index in [-0.39, 0.29) is 11.5 Å². The Bertz CT molecular complexity index is 464. The van der Waals surface area contributed by atoms with E-state index in [1.54, 1.807) is 0 Å². The molecule has 4 aliphatic rings. The van der Waals surface area contributed by atoms with Gasteiger partial charge in [0.25, 0.3) is 0 Å². The van der Waals surface area contributed by atoms with Crippen molar-refractivity contribution in [3.05, 3.63) is 12.2 Å². The van der Waals surface area contributed by atoms with E-state index in [2.05, 4.69) is 32.9 Å². The van der Waals surface area contributed by atoms with Gasteiger partial charge in [-0.3, -0.25) is 4.99 Å². The minimum Gasteiger partial charge on any atom is -0.389 e. The third-order valence-corrected chi connectivity index (χ3v) is 6.59. The summed E-state index contributed by atoms with van der Waals surface area (Å²) in [5.41, 5.74) is -0.692. The van der Waals surface area contributed by atoms with Crippen molar-refractivity contribution >= 4 is 6.21 Å². The van der Waals surface area contributed by atoms with Crippen molar-refractivity contribution in [3.8, 4) is 0 Å². The molecular formula is C20H33NO. The first-order valence-corrected chi connectivity index (χ1v) is 9.28. The summed E-state index contributed by atoms with van der Waals surface area (Å²) < 4.78 is 0. The van der Waals surface area contributed by atoms with Crippen LogP contribution in [0.2, 0.25) is 0 Å². The molecule has 2 aliphatic carbocycles. The largest absolute Gasteiger partial charge is 0.389 e. The molecule has 2 aliphatic heterocycles. The molecule has 2 bridgehead atoms. The number of aliphatic imine (C=N–C) groups is 1. The molecule has 124 valence electrons. The summed E-state index contributed by atoms with van der Waals surface area (Å²) in [5.74, 6) is 3.37. The lowest BCUT2D eigenvalue weighted by atomic mass is 9.64. The molecule has 1 unspecified atom stereocenters. The zero-order valence-electron chi connectivity index (χ0n) is 14.8. The van der Waals surface area contributed by atoms with Crippen molar-refractivity contribution in [2.75, 3.05) is 0 Å². The van der Waals surface area contributed by atoms with Crippen LogP contribution in [0.15, 0.2) is 17.1 Å². The number of allylic oxidation sites excluding steroid dienone is 1. The van der Waals surface area contributed by atoms with Gasteiger partial charge in [0.05, 0.1) is 11.1 Å². The molecule has 0 aromatic rings. The Morgan fingerprint density at radius 1 is 1.27 bits per heavy atom. The second-order valence-electron chi connectivity index (χ2n) is 8.91. The van der Waals surface area contributed by atoms with Crippen LogP contribution in [0, 0.1) is 29.6 Å². The Labute approximate surface area is 136 Å². The van der Waals surface area contributed by atoms with Crippen molar-refractivity contribution < 1.29 is 5.11 Å². The molecule has 1 N–H and O–H groups in total. The molecule has 0 saturated heterocycles. The van der Waals surface area contributed by atoms with Crippen LogP contribution in [0.5, 0.6) is 0 Å². The van der Waals surface area contributed by atoms with Gasteiger partial charge in [0.15, 0.2) is 0 Å². The van der Waals surface area contributed by atoms with Crippen LogP contribution in [0.3, 0.4) is 0 Å². The first-order chi connectivity index (χ1) is 10.3. The lowest BCUT2D eigenvalue weighted by Gasteiger charge is -2.48. The smallest absolute Gasteiger partial charge is 0.0811 e. The maximum absolute atomic E-state index is 10.6. The van der Waals surface area contributed by atoms with Gasteiger partial charge in [-0.2, -0.15) is 0 Å². The van der Waals surface area contributed by atoms with Gasteiger partial charge < -0.3 is 5.11 Å². The van der Waals surface area contributed by atoms with E-state index in [1.165, 1.54) is 19.3 Å². The Morgan fingerprint density at radius 2 is 2.05 bits per heavy atom. The standard InChI is InChI=1S/C20H33NO/c1-14(2)18-6-5-15(3)11-16(18)7-9-20-10-8-17(12-21-20)19(4,22)13-20/h7,9,12,14-18,22H,5-6,8,10-11,13H2,1-4H3/b9-7+/t15-,16-,17-,18+,19?,20-/m1/s1. The van der Waals surface area contributed by atoms with Crippen molar-refractivity contribution in [2.45, 2.75) is 77.4 Å². The maximum atomic E-state index is 10.6. The zero-order chi connectivity index (χ0) is 16.0. The highest BCUT2D eigenvalue weighted by atomic mass is 16.3. The highest BCUT2D eigenvalue weighted by Crippen LogP contribution is 2.46. The summed E-state index contributed by atoms with van der Waals surface area (Å²) in [7, 11) is 0. The molecule has 0 amide bonds.